The molecule has 1 heterocycles. The molecule has 1 N–H and O–H groups in total. The Hall–Kier alpha value is -2.21. The van der Waals surface area contributed by atoms with Crippen LogP contribution in [0, 0.1) is 5.82 Å². The van der Waals surface area contributed by atoms with Gasteiger partial charge in [-0.25, -0.2) is 4.39 Å². The molecule has 0 aliphatic carbocycles. The molecule has 0 saturated carbocycles. The topological polar surface area (TPSA) is 58.4 Å². The van der Waals surface area contributed by atoms with Gasteiger partial charge >= 0.3 is 0 Å². The maximum Gasteiger partial charge on any atom is 0.220 e. The Kier molecular flexibility index (Phi) is 5.66. The van der Waals surface area contributed by atoms with E-state index in [-0.39, 0.29) is 11.7 Å². The van der Waals surface area contributed by atoms with Gasteiger partial charge in [0.2, 0.25) is 5.91 Å². The van der Waals surface area contributed by atoms with Crippen molar-refractivity contribution in [2.75, 3.05) is 27.2 Å². The third kappa shape index (κ3) is 4.66. The second-order valence-corrected chi connectivity index (χ2v) is 5.34. The van der Waals surface area contributed by atoms with E-state index < -0.39 is 0 Å². The summed E-state index contributed by atoms with van der Waals surface area (Å²) in [6.45, 7) is 1.43. The van der Waals surface area contributed by atoms with Crippen LogP contribution >= 0.6 is 0 Å². The van der Waals surface area contributed by atoms with Gasteiger partial charge in [-0.3, -0.25) is 4.79 Å². The lowest BCUT2D eigenvalue weighted by Crippen LogP contribution is -2.31. The number of rotatable bonds is 7. The number of halogens is 1. The number of likely N-dealkylation sites (N-methyl/N-ethyl adjacent to an activating group) is 1. The summed E-state index contributed by atoms with van der Waals surface area (Å²) >= 11 is 0. The number of carbonyl (C=O) groups excluding carboxylic acids is 1. The van der Waals surface area contributed by atoms with E-state index in [1.807, 2.05) is 19.0 Å². The first-order valence-corrected chi connectivity index (χ1v) is 7.17. The third-order valence-corrected chi connectivity index (χ3v) is 3.25. The molecule has 0 fully saturated rings. The predicted octanol–water partition coefficient (Wildman–Crippen LogP) is 2.09. The van der Waals surface area contributed by atoms with E-state index in [0.717, 1.165) is 17.7 Å². The summed E-state index contributed by atoms with van der Waals surface area (Å²) in [5.41, 5.74) is 1.59. The summed E-state index contributed by atoms with van der Waals surface area (Å²) in [5.74, 6) is 0.277. The molecule has 0 saturated heterocycles. The second-order valence-electron chi connectivity index (χ2n) is 5.34. The summed E-state index contributed by atoms with van der Waals surface area (Å²) < 4.78 is 18.2. The average molecular weight is 305 g/mol. The highest BCUT2D eigenvalue weighted by molar-refractivity contribution is 5.76. The van der Waals surface area contributed by atoms with Gasteiger partial charge in [0.05, 0.1) is 6.20 Å². The first-order chi connectivity index (χ1) is 10.6. The summed E-state index contributed by atoms with van der Waals surface area (Å²) in [6.07, 6.45) is 2.50. The van der Waals surface area contributed by atoms with Crippen LogP contribution in [0.2, 0.25) is 0 Å². The van der Waals surface area contributed by atoms with E-state index >= 15 is 0 Å². The quantitative estimate of drug-likeness (QED) is 0.851. The van der Waals surface area contributed by atoms with Crippen LogP contribution in [0.25, 0.3) is 11.3 Å². The zero-order chi connectivity index (χ0) is 15.9. The van der Waals surface area contributed by atoms with Crippen molar-refractivity contribution in [3.05, 3.63) is 41.8 Å². The highest BCUT2D eigenvalue weighted by Crippen LogP contribution is 2.24. The highest BCUT2D eigenvalue weighted by Gasteiger charge is 2.12. The van der Waals surface area contributed by atoms with Crippen molar-refractivity contribution in [2.24, 2.45) is 0 Å². The van der Waals surface area contributed by atoms with Crippen LogP contribution in [0.15, 0.2) is 35.0 Å². The number of aromatic nitrogens is 1. The number of nitrogens with one attached hydrogen (secondary N) is 1. The van der Waals surface area contributed by atoms with Crippen LogP contribution in [0.5, 0.6) is 0 Å². The molecule has 1 aromatic carbocycles. The van der Waals surface area contributed by atoms with E-state index in [1.165, 1.54) is 12.1 Å². The second kappa shape index (κ2) is 7.70. The number of hydrogen-bond donors (Lipinski definition) is 1. The monoisotopic (exact) mass is 305 g/mol. The first kappa shape index (κ1) is 16.2. The van der Waals surface area contributed by atoms with Gasteiger partial charge < -0.3 is 14.7 Å². The van der Waals surface area contributed by atoms with Crippen LogP contribution in [-0.4, -0.2) is 43.1 Å². The lowest BCUT2D eigenvalue weighted by atomic mass is 10.1. The highest BCUT2D eigenvalue weighted by atomic mass is 19.1. The lowest BCUT2D eigenvalue weighted by Gasteiger charge is -2.10. The molecule has 1 aromatic heterocycles. The molecule has 5 nitrogen and oxygen atoms in total. The first-order valence-electron chi connectivity index (χ1n) is 7.17. The van der Waals surface area contributed by atoms with Crippen molar-refractivity contribution in [3.63, 3.8) is 0 Å². The maximum absolute atomic E-state index is 13.0. The van der Waals surface area contributed by atoms with Gasteiger partial charge in [0, 0.05) is 30.6 Å². The molecule has 1 amide bonds. The van der Waals surface area contributed by atoms with Crippen LogP contribution in [0.4, 0.5) is 4.39 Å². The van der Waals surface area contributed by atoms with E-state index in [9.17, 15) is 9.18 Å². The smallest absolute Gasteiger partial charge is 0.220 e. The molecule has 0 unspecified atom stereocenters. The van der Waals surface area contributed by atoms with Crippen LogP contribution in [-0.2, 0) is 11.2 Å². The Morgan fingerprint density at radius 1 is 1.32 bits per heavy atom. The number of benzene rings is 1. The summed E-state index contributed by atoms with van der Waals surface area (Å²) in [6, 6.07) is 6.01. The molecule has 0 spiro atoms. The number of carbonyl (C=O) groups is 1. The van der Waals surface area contributed by atoms with Crippen LogP contribution in [0.1, 0.15) is 12.0 Å². The van der Waals surface area contributed by atoms with Gasteiger partial charge in [0.1, 0.15) is 5.82 Å². The van der Waals surface area contributed by atoms with Crippen molar-refractivity contribution in [3.8, 4) is 11.3 Å². The van der Waals surface area contributed by atoms with Gasteiger partial charge in [-0.15, -0.1) is 0 Å². The van der Waals surface area contributed by atoms with Crippen molar-refractivity contribution in [1.82, 2.24) is 15.4 Å². The number of nitrogens with zero attached hydrogens (tertiary/aromatic N) is 2. The summed E-state index contributed by atoms with van der Waals surface area (Å²) in [4.78, 5) is 13.8. The van der Waals surface area contributed by atoms with Crippen molar-refractivity contribution in [2.45, 2.75) is 12.8 Å². The molecule has 0 bridgehead atoms. The minimum atomic E-state index is -0.301. The van der Waals surface area contributed by atoms with Crippen LogP contribution in [0.3, 0.4) is 0 Å². The average Bonchev–Trinajstić information content (AvgIpc) is 2.94. The Morgan fingerprint density at radius 3 is 2.73 bits per heavy atom. The fourth-order valence-corrected chi connectivity index (χ4v) is 2.03. The fraction of sp³-hybridized carbons (Fsp3) is 0.375. The zero-order valence-corrected chi connectivity index (χ0v) is 12.8. The Labute approximate surface area is 129 Å². The molecule has 0 aliphatic rings. The van der Waals surface area contributed by atoms with E-state index in [0.29, 0.717) is 25.1 Å². The SMILES string of the molecule is CN(C)CCNC(=O)CCc1cnoc1-c1ccc(F)cc1. The van der Waals surface area contributed by atoms with Gasteiger partial charge in [-0.05, 0) is 44.8 Å². The molecular formula is C16H20FN3O2. The molecule has 22 heavy (non-hydrogen) atoms. The molecule has 6 heteroatoms. The lowest BCUT2D eigenvalue weighted by molar-refractivity contribution is -0.121. The Bertz CT molecular complexity index is 608. The van der Waals surface area contributed by atoms with Crippen molar-refractivity contribution < 1.29 is 13.7 Å². The van der Waals surface area contributed by atoms with Gasteiger partial charge in [0.15, 0.2) is 5.76 Å². The molecule has 0 aliphatic heterocycles. The van der Waals surface area contributed by atoms with Gasteiger partial charge in [0.25, 0.3) is 0 Å². The third-order valence-electron chi connectivity index (χ3n) is 3.25. The van der Waals surface area contributed by atoms with E-state index in [2.05, 4.69) is 10.5 Å². The van der Waals surface area contributed by atoms with Gasteiger partial charge in [-0.2, -0.15) is 0 Å². The molecule has 2 rings (SSSR count). The summed E-state index contributed by atoms with van der Waals surface area (Å²) in [7, 11) is 3.91. The number of hydrogen-bond acceptors (Lipinski definition) is 4. The standard InChI is InChI=1S/C16H20FN3O2/c1-20(2)10-9-18-15(21)8-5-13-11-19-22-16(13)12-3-6-14(17)7-4-12/h3-4,6-7,11H,5,8-10H2,1-2H3,(H,18,21). The predicted molar refractivity (Wildman–Crippen MR) is 81.8 cm³/mol. The Morgan fingerprint density at radius 2 is 2.05 bits per heavy atom. The number of aryl methyl sites for hydroxylation is 1. The molecule has 0 atom stereocenters. The van der Waals surface area contributed by atoms with E-state index in [1.54, 1.807) is 18.3 Å². The largest absolute Gasteiger partial charge is 0.356 e. The molecule has 2 aromatic rings. The summed E-state index contributed by atoms with van der Waals surface area (Å²) in [5, 5.41) is 6.64. The maximum atomic E-state index is 13.0. The molecule has 0 radical (unpaired) electrons. The minimum absolute atomic E-state index is 0.00638. The van der Waals surface area contributed by atoms with Gasteiger partial charge in [-0.1, -0.05) is 5.16 Å². The van der Waals surface area contributed by atoms with E-state index in [4.69, 9.17) is 4.52 Å². The minimum Gasteiger partial charge on any atom is -0.356 e. The van der Waals surface area contributed by atoms with Crippen molar-refractivity contribution in [1.29, 1.82) is 0 Å². The zero-order valence-electron chi connectivity index (χ0n) is 12.8. The fourth-order valence-electron chi connectivity index (χ4n) is 2.03. The molecular weight excluding hydrogens is 285 g/mol. The normalized spacial score (nSPS) is 10.9. The van der Waals surface area contributed by atoms with Crippen molar-refractivity contribution >= 4 is 5.91 Å². The molecule has 118 valence electrons. The van der Waals surface area contributed by atoms with Crippen LogP contribution < -0.4 is 5.32 Å². The number of amides is 1. The Balaban J connectivity index is 1.90.